The summed E-state index contributed by atoms with van der Waals surface area (Å²) >= 11 is 3.33. The number of benzene rings is 2. The molecule has 1 heterocycles. The highest BCUT2D eigenvalue weighted by atomic mass is 79.9. The lowest BCUT2D eigenvalue weighted by molar-refractivity contribution is -0.115. The van der Waals surface area contributed by atoms with Crippen molar-refractivity contribution in [2.45, 2.75) is 12.8 Å². The highest BCUT2D eigenvalue weighted by Gasteiger charge is 2.16. The molecule has 0 bridgehead atoms. The Bertz CT molecular complexity index is 756. The molecule has 2 amide bonds. The molecule has 1 aliphatic heterocycles. The Labute approximate surface area is 155 Å². The van der Waals surface area contributed by atoms with Gasteiger partial charge in [-0.2, -0.15) is 0 Å². The Balaban J connectivity index is 1.58. The molecule has 0 aromatic heterocycles. The Hall–Kier alpha value is -2.34. The molecule has 2 N–H and O–H groups in total. The zero-order chi connectivity index (χ0) is 17.6. The Kier molecular flexibility index (Phi) is 5.71. The fourth-order valence-corrected chi connectivity index (χ4v) is 3.14. The van der Waals surface area contributed by atoms with E-state index in [0.29, 0.717) is 5.56 Å². The van der Waals surface area contributed by atoms with Crippen molar-refractivity contribution in [2.24, 2.45) is 0 Å². The van der Waals surface area contributed by atoms with Crippen LogP contribution in [0.2, 0.25) is 0 Å². The molecule has 1 fully saturated rings. The smallest absolute Gasteiger partial charge is 0.251 e. The molecule has 6 heteroatoms. The van der Waals surface area contributed by atoms with E-state index in [1.165, 1.54) is 12.8 Å². The van der Waals surface area contributed by atoms with Crippen LogP contribution in [-0.4, -0.2) is 31.4 Å². The van der Waals surface area contributed by atoms with Gasteiger partial charge in [0.05, 0.1) is 17.9 Å². The third-order valence-corrected chi connectivity index (χ3v) is 4.67. The summed E-state index contributed by atoms with van der Waals surface area (Å²) in [7, 11) is 0. The van der Waals surface area contributed by atoms with Gasteiger partial charge in [0.25, 0.3) is 5.91 Å². The van der Waals surface area contributed by atoms with Crippen LogP contribution in [0.1, 0.15) is 23.2 Å². The molecule has 3 rings (SSSR count). The van der Waals surface area contributed by atoms with E-state index in [0.717, 1.165) is 28.9 Å². The molecule has 25 heavy (non-hydrogen) atoms. The number of hydrogen-bond donors (Lipinski definition) is 2. The number of carbonyl (C=O) groups is 2. The van der Waals surface area contributed by atoms with Crippen LogP contribution < -0.4 is 15.5 Å². The molecule has 130 valence electrons. The van der Waals surface area contributed by atoms with Crippen molar-refractivity contribution in [1.29, 1.82) is 0 Å². The van der Waals surface area contributed by atoms with Crippen molar-refractivity contribution in [3.05, 3.63) is 58.6 Å². The van der Waals surface area contributed by atoms with Crippen molar-refractivity contribution in [1.82, 2.24) is 5.32 Å². The quantitative estimate of drug-likeness (QED) is 0.806. The third-order valence-electron chi connectivity index (χ3n) is 4.14. The van der Waals surface area contributed by atoms with Crippen molar-refractivity contribution >= 4 is 39.1 Å². The fraction of sp³-hybridized carbons (Fsp3) is 0.263. The topological polar surface area (TPSA) is 61.4 Å². The molecule has 0 atom stereocenters. The predicted molar refractivity (Wildman–Crippen MR) is 103 cm³/mol. The second-order valence-electron chi connectivity index (χ2n) is 5.95. The van der Waals surface area contributed by atoms with Crippen molar-refractivity contribution in [3.63, 3.8) is 0 Å². The highest BCUT2D eigenvalue weighted by molar-refractivity contribution is 9.10. The van der Waals surface area contributed by atoms with Gasteiger partial charge in [0.2, 0.25) is 5.91 Å². The van der Waals surface area contributed by atoms with E-state index in [2.05, 4.69) is 31.5 Å². The Morgan fingerprint density at radius 3 is 2.40 bits per heavy atom. The van der Waals surface area contributed by atoms with E-state index < -0.39 is 0 Å². The average Bonchev–Trinajstić information content (AvgIpc) is 3.15. The van der Waals surface area contributed by atoms with Gasteiger partial charge >= 0.3 is 0 Å². The predicted octanol–water partition coefficient (Wildman–Crippen LogP) is 3.42. The number of anilines is 2. The monoisotopic (exact) mass is 401 g/mol. The molecule has 0 saturated carbocycles. The first-order valence-electron chi connectivity index (χ1n) is 8.31. The van der Waals surface area contributed by atoms with E-state index in [-0.39, 0.29) is 18.4 Å². The van der Waals surface area contributed by atoms with Crippen LogP contribution in [0.3, 0.4) is 0 Å². The van der Waals surface area contributed by atoms with Gasteiger partial charge in [-0.1, -0.05) is 28.1 Å². The fourth-order valence-electron chi connectivity index (χ4n) is 2.87. The van der Waals surface area contributed by atoms with Crippen molar-refractivity contribution in [3.8, 4) is 0 Å². The molecule has 1 saturated heterocycles. The molecule has 2 aromatic rings. The lowest BCUT2D eigenvalue weighted by Crippen LogP contribution is -2.33. The van der Waals surface area contributed by atoms with Crippen LogP contribution in [0, 0.1) is 0 Å². The van der Waals surface area contributed by atoms with Gasteiger partial charge in [-0.25, -0.2) is 0 Å². The summed E-state index contributed by atoms with van der Waals surface area (Å²) in [5.41, 5.74) is 2.34. The van der Waals surface area contributed by atoms with Gasteiger partial charge in [0.15, 0.2) is 0 Å². The number of halogens is 1. The van der Waals surface area contributed by atoms with E-state index in [9.17, 15) is 9.59 Å². The molecular formula is C19H20BrN3O2. The van der Waals surface area contributed by atoms with Gasteiger partial charge in [-0.15, -0.1) is 0 Å². The minimum absolute atomic E-state index is 0.0662. The molecular weight excluding hydrogens is 382 g/mol. The first kappa shape index (κ1) is 17.5. The standard InChI is InChI=1S/C19H20BrN3O2/c20-15-9-7-14(8-10-15)19(25)21-13-18(24)22-16-5-1-2-6-17(16)23-11-3-4-12-23/h1-2,5-10H,3-4,11-13H2,(H,21,25)(H,22,24). The second kappa shape index (κ2) is 8.16. The van der Waals surface area contributed by atoms with Gasteiger partial charge in [0, 0.05) is 23.1 Å². The zero-order valence-electron chi connectivity index (χ0n) is 13.8. The molecule has 5 nitrogen and oxygen atoms in total. The van der Waals surface area contributed by atoms with E-state index >= 15 is 0 Å². The third kappa shape index (κ3) is 4.60. The van der Waals surface area contributed by atoms with Gasteiger partial charge in [-0.05, 0) is 49.2 Å². The SMILES string of the molecule is O=C(CNC(=O)c1ccc(Br)cc1)Nc1ccccc1N1CCCC1. The van der Waals surface area contributed by atoms with E-state index in [1.54, 1.807) is 24.3 Å². The molecule has 2 aromatic carbocycles. The summed E-state index contributed by atoms with van der Waals surface area (Å²) in [6.07, 6.45) is 2.34. The average molecular weight is 402 g/mol. The summed E-state index contributed by atoms with van der Waals surface area (Å²) < 4.78 is 0.903. The first-order valence-corrected chi connectivity index (χ1v) is 9.10. The summed E-state index contributed by atoms with van der Waals surface area (Å²) in [6, 6.07) is 14.8. The molecule has 0 unspecified atom stereocenters. The molecule has 0 spiro atoms. The van der Waals surface area contributed by atoms with E-state index in [4.69, 9.17) is 0 Å². The lowest BCUT2D eigenvalue weighted by atomic mass is 10.2. The maximum atomic E-state index is 12.2. The summed E-state index contributed by atoms with van der Waals surface area (Å²) in [4.78, 5) is 26.6. The second-order valence-corrected chi connectivity index (χ2v) is 6.86. The maximum absolute atomic E-state index is 12.2. The van der Waals surface area contributed by atoms with Gasteiger partial charge in [-0.3, -0.25) is 9.59 Å². The maximum Gasteiger partial charge on any atom is 0.251 e. The van der Waals surface area contributed by atoms with Crippen LogP contribution >= 0.6 is 15.9 Å². The van der Waals surface area contributed by atoms with Gasteiger partial charge in [0.1, 0.15) is 0 Å². The largest absolute Gasteiger partial charge is 0.370 e. The molecule has 0 radical (unpaired) electrons. The Morgan fingerprint density at radius 2 is 1.68 bits per heavy atom. The van der Waals surface area contributed by atoms with Crippen LogP contribution in [0.4, 0.5) is 11.4 Å². The summed E-state index contributed by atoms with van der Waals surface area (Å²) in [6.45, 7) is 1.95. The Morgan fingerprint density at radius 1 is 1.00 bits per heavy atom. The lowest BCUT2D eigenvalue weighted by Gasteiger charge is -2.21. The number of nitrogens with zero attached hydrogens (tertiary/aromatic N) is 1. The van der Waals surface area contributed by atoms with Crippen LogP contribution in [0.15, 0.2) is 53.0 Å². The van der Waals surface area contributed by atoms with Crippen LogP contribution in [0.5, 0.6) is 0 Å². The van der Waals surface area contributed by atoms with Crippen molar-refractivity contribution < 1.29 is 9.59 Å². The van der Waals surface area contributed by atoms with E-state index in [1.807, 2.05) is 24.3 Å². The molecule has 1 aliphatic rings. The summed E-state index contributed by atoms with van der Waals surface area (Å²) in [5.74, 6) is -0.507. The summed E-state index contributed by atoms with van der Waals surface area (Å²) in [5, 5.41) is 5.55. The first-order chi connectivity index (χ1) is 12.1. The number of para-hydroxylation sites is 2. The normalized spacial score (nSPS) is 13.6. The highest BCUT2D eigenvalue weighted by Crippen LogP contribution is 2.28. The minimum Gasteiger partial charge on any atom is -0.370 e. The van der Waals surface area contributed by atoms with Crippen LogP contribution in [-0.2, 0) is 4.79 Å². The molecule has 0 aliphatic carbocycles. The number of carbonyl (C=O) groups excluding carboxylic acids is 2. The zero-order valence-corrected chi connectivity index (χ0v) is 15.4. The number of nitrogens with one attached hydrogen (secondary N) is 2. The number of rotatable bonds is 5. The van der Waals surface area contributed by atoms with Gasteiger partial charge < -0.3 is 15.5 Å². The minimum atomic E-state index is -0.268. The van der Waals surface area contributed by atoms with Crippen LogP contribution in [0.25, 0.3) is 0 Å². The number of hydrogen-bond acceptors (Lipinski definition) is 3. The number of amides is 2. The van der Waals surface area contributed by atoms with Crippen molar-refractivity contribution in [2.75, 3.05) is 29.9 Å².